The highest BCUT2D eigenvalue weighted by Gasteiger charge is 2.36. The Bertz CT molecular complexity index is 856. The van der Waals surface area contributed by atoms with Gasteiger partial charge >= 0.3 is 0 Å². The van der Waals surface area contributed by atoms with E-state index in [4.69, 9.17) is 14.2 Å². The zero-order valence-corrected chi connectivity index (χ0v) is 16.7. The number of halogens is 1. The summed E-state index contributed by atoms with van der Waals surface area (Å²) < 4.78 is 31.8. The van der Waals surface area contributed by atoms with Crippen LogP contribution in [0.4, 0.5) is 4.39 Å². The summed E-state index contributed by atoms with van der Waals surface area (Å²) in [4.78, 5) is 11.0. The topological polar surface area (TPSA) is 56.7 Å². The van der Waals surface area contributed by atoms with Crippen molar-refractivity contribution in [3.05, 3.63) is 41.1 Å². The minimum atomic E-state index is -0.367. The Morgan fingerprint density at radius 2 is 1.86 bits per heavy atom. The first-order chi connectivity index (χ1) is 13.4. The van der Waals surface area contributed by atoms with E-state index >= 15 is 0 Å². The molecule has 6 nitrogen and oxygen atoms in total. The monoisotopic (exact) mass is 387 g/mol. The van der Waals surface area contributed by atoms with Crippen LogP contribution >= 0.6 is 0 Å². The van der Waals surface area contributed by atoms with Crippen LogP contribution in [0.25, 0.3) is 0 Å². The zero-order valence-electron chi connectivity index (χ0n) is 16.7. The summed E-state index contributed by atoms with van der Waals surface area (Å²) in [7, 11) is 0. The maximum atomic E-state index is 14.7. The summed E-state index contributed by atoms with van der Waals surface area (Å²) in [5.41, 5.74) is 2.26. The molecule has 1 saturated heterocycles. The Morgan fingerprint density at radius 1 is 1.14 bits per heavy atom. The van der Waals surface area contributed by atoms with Gasteiger partial charge in [-0.15, -0.1) is 0 Å². The fourth-order valence-electron chi connectivity index (χ4n) is 4.10. The molecule has 2 aromatic heterocycles. The molecule has 4 rings (SSSR count). The Balaban J connectivity index is 1.50. The van der Waals surface area contributed by atoms with Crippen LogP contribution in [0, 0.1) is 19.7 Å². The van der Waals surface area contributed by atoms with Crippen LogP contribution in [0.2, 0.25) is 0 Å². The van der Waals surface area contributed by atoms with Gasteiger partial charge in [0.25, 0.3) is 5.88 Å². The standard InChI is InChI=1S/C21H26FN3O3/c1-12-7-16(8-13(2)23-12)28-17-9-14(3)25(11-17)15(4)20-18(22)10-19-21(24-20)27-6-5-26-19/h7-8,10,14-15,17H,5-6,9,11H2,1-4H3/t14-,15-,17+/m0/s1. The van der Waals surface area contributed by atoms with Crippen molar-refractivity contribution in [1.82, 2.24) is 14.9 Å². The van der Waals surface area contributed by atoms with E-state index in [-0.39, 0.29) is 24.0 Å². The van der Waals surface area contributed by atoms with Crippen LogP contribution < -0.4 is 14.2 Å². The second-order valence-electron chi connectivity index (χ2n) is 7.64. The second-order valence-corrected chi connectivity index (χ2v) is 7.64. The molecule has 0 spiro atoms. The summed E-state index contributed by atoms with van der Waals surface area (Å²) >= 11 is 0. The predicted molar refractivity (Wildman–Crippen MR) is 103 cm³/mol. The van der Waals surface area contributed by atoms with Gasteiger partial charge in [-0.3, -0.25) is 9.88 Å². The van der Waals surface area contributed by atoms with Crippen LogP contribution in [0.1, 0.15) is 43.4 Å². The van der Waals surface area contributed by atoms with Gasteiger partial charge in [0.1, 0.15) is 30.9 Å². The average molecular weight is 387 g/mol. The third-order valence-electron chi connectivity index (χ3n) is 5.35. The zero-order chi connectivity index (χ0) is 19.8. The highest BCUT2D eigenvalue weighted by molar-refractivity contribution is 5.37. The molecule has 0 unspecified atom stereocenters. The van der Waals surface area contributed by atoms with Crippen molar-refractivity contribution < 1.29 is 18.6 Å². The molecule has 3 atom stereocenters. The molecular formula is C21H26FN3O3. The second kappa shape index (κ2) is 7.54. The number of fused-ring (bicyclic) bond motifs is 1. The summed E-state index contributed by atoms with van der Waals surface area (Å²) in [6.45, 7) is 9.58. The van der Waals surface area contributed by atoms with Crippen molar-refractivity contribution in [2.45, 2.75) is 52.3 Å². The fourth-order valence-corrected chi connectivity index (χ4v) is 4.10. The van der Waals surface area contributed by atoms with Crippen LogP contribution in [-0.2, 0) is 0 Å². The first-order valence-corrected chi connectivity index (χ1v) is 9.74. The van der Waals surface area contributed by atoms with Crippen molar-refractivity contribution in [3.8, 4) is 17.4 Å². The lowest BCUT2D eigenvalue weighted by Crippen LogP contribution is -2.32. The molecule has 0 radical (unpaired) electrons. The van der Waals surface area contributed by atoms with Gasteiger partial charge in [-0.05, 0) is 27.7 Å². The lowest BCUT2D eigenvalue weighted by Gasteiger charge is -2.29. The quantitative estimate of drug-likeness (QED) is 0.799. The molecule has 0 N–H and O–H groups in total. The number of ether oxygens (including phenoxy) is 3. The van der Waals surface area contributed by atoms with Crippen LogP contribution in [0.5, 0.6) is 17.4 Å². The maximum Gasteiger partial charge on any atom is 0.257 e. The van der Waals surface area contributed by atoms with Gasteiger partial charge in [0.05, 0.1) is 11.7 Å². The molecule has 0 aliphatic carbocycles. The number of rotatable bonds is 4. The summed E-state index contributed by atoms with van der Waals surface area (Å²) in [6, 6.07) is 5.33. The minimum absolute atomic E-state index is 0.0407. The molecule has 2 aromatic rings. The van der Waals surface area contributed by atoms with Gasteiger partial charge in [-0.2, -0.15) is 0 Å². The third-order valence-corrected chi connectivity index (χ3v) is 5.35. The lowest BCUT2D eigenvalue weighted by atomic mass is 10.1. The van der Waals surface area contributed by atoms with E-state index in [1.807, 2.05) is 32.9 Å². The summed E-state index contributed by atoms with van der Waals surface area (Å²) in [6.07, 6.45) is 0.913. The number of aromatic nitrogens is 2. The van der Waals surface area contributed by atoms with E-state index < -0.39 is 0 Å². The van der Waals surface area contributed by atoms with Gasteiger partial charge in [-0.1, -0.05) is 0 Å². The largest absolute Gasteiger partial charge is 0.489 e. The molecule has 0 aromatic carbocycles. The van der Waals surface area contributed by atoms with Crippen molar-refractivity contribution in [2.24, 2.45) is 0 Å². The van der Waals surface area contributed by atoms with E-state index in [9.17, 15) is 4.39 Å². The van der Waals surface area contributed by atoms with E-state index in [1.54, 1.807) is 0 Å². The third kappa shape index (κ3) is 3.76. The Morgan fingerprint density at radius 3 is 2.61 bits per heavy atom. The van der Waals surface area contributed by atoms with Gasteiger partial charge in [-0.25, -0.2) is 9.37 Å². The molecule has 2 aliphatic heterocycles. The molecule has 4 heterocycles. The molecule has 0 bridgehead atoms. The number of nitrogens with zero attached hydrogens (tertiary/aromatic N) is 3. The highest BCUT2D eigenvalue weighted by Crippen LogP contribution is 2.36. The van der Waals surface area contributed by atoms with E-state index in [0.717, 1.165) is 23.6 Å². The minimum Gasteiger partial charge on any atom is -0.489 e. The number of likely N-dealkylation sites (tertiary alicyclic amines) is 1. The first kappa shape index (κ1) is 18.9. The van der Waals surface area contributed by atoms with Crippen LogP contribution in [-0.4, -0.2) is 46.8 Å². The molecule has 150 valence electrons. The van der Waals surface area contributed by atoms with Gasteiger partial charge in [0.2, 0.25) is 0 Å². The predicted octanol–water partition coefficient (Wildman–Crippen LogP) is 3.61. The van der Waals surface area contributed by atoms with Crippen LogP contribution in [0.3, 0.4) is 0 Å². The molecule has 2 aliphatic rings. The van der Waals surface area contributed by atoms with Crippen molar-refractivity contribution in [2.75, 3.05) is 19.8 Å². The Hall–Kier alpha value is -2.41. The van der Waals surface area contributed by atoms with Crippen molar-refractivity contribution in [1.29, 1.82) is 0 Å². The van der Waals surface area contributed by atoms with Crippen molar-refractivity contribution >= 4 is 0 Å². The summed E-state index contributed by atoms with van der Waals surface area (Å²) in [5, 5.41) is 0. The average Bonchev–Trinajstić information content (AvgIpc) is 2.99. The smallest absolute Gasteiger partial charge is 0.257 e. The maximum absolute atomic E-state index is 14.7. The summed E-state index contributed by atoms with van der Waals surface area (Å²) in [5.74, 6) is 1.21. The molecule has 28 heavy (non-hydrogen) atoms. The van der Waals surface area contributed by atoms with E-state index in [2.05, 4.69) is 21.8 Å². The van der Waals surface area contributed by atoms with Crippen molar-refractivity contribution in [3.63, 3.8) is 0 Å². The van der Waals surface area contributed by atoms with E-state index in [0.29, 0.717) is 37.1 Å². The number of aryl methyl sites for hydroxylation is 2. The fraction of sp³-hybridized carbons (Fsp3) is 0.524. The molecule has 1 fully saturated rings. The molecule has 7 heteroatoms. The van der Waals surface area contributed by atoms with Gasteiger partial charge in [0.15, 0.2) is 5.75 Å². The lowest BCUT2D eigenvalue weighted by molar-refractivity contribution is 0.152. The van der Waals surface area contributed by atoms with Gasteiger partial charge in [0, 0.05) is 48.6 Å². The number of pyridine rings is 2. The number of hydrogen-bond acceptors (Lipinski definition) is 6. The first-order valence-electron chi connectivity index (χ1n) is 9.74. The normalized spacial score (nSPS) is 22.9. The van der Waals surface area contributed by atoms with Crippen LogP contribution in [0.15, 0.2) is 18.2 Å². The molecule has 0 saturated carbocycles. The molecule has 0 amide bonds. The Kier molecular flexibility index (Phi) is 5.10. The SMILES string of the molecule is Cc1cc(O[C@@H]2C[C@H](C)N([C@@H](C)c3nc4c(cc3F)OCCO4)C2)cc(C)n1. The van der Waals surface area contributed by atoms with Gasteiger partial charge < -0.3 is 14.2 Å². The Labute approximate surface area is 164 Å². The highest BCUT2D eigenvalue weighted by atomic mass is 19.1. The number of hydrogen-bond donors (Lipinski definition) is 0. The molecular weight excluding hydrogens is 361 g/mol. The van der Waals surface area contributed by atoms with E-state index in [1.165, 1.54) is 6.07 Å².